The average Bonchev–Trinajstić information content (AvgIpc) is 2.79. The first-order valence-electron chi connectivity index (χ1n) is 10.6. The molecule has 1 heterocycles. The van der Waals surface area contributed by atoms with Crippen LogP contribution in [0.3, 0.4) is 0 Å². The van der Waals surface area contributed by atoms with E-state index < -0.39 is 17.2 Å². The molecule has 2 aromatic rings. The smallest absolute Gasteiger partial charge is 0.300 e. The van der Waals surface area contributed by atoms with Gasteiger partial charge in [-0.15, -0.1) is 18.3 Å². The Labute approximate surface area is 196 Å². The Hall–Kier alpha value is -1.70. The van der Waals surface area contributed by atoms with E-state index in [9.17, 15) is 18.0 Å². The van der Waals surface area contributed by atoms with Gasteiger partial charge in [0.25, 0.3) is 0 Å². The highest BCUT2D eigenvalue weighted by atomic mass is 32.2. The number of benzene rings is 2. The van der Waals surface area contributed by atoms with Crippen molar-refractivity contribution < 1.29 is 18.0 Å². The van der Waals surface area contributed by atoms with Crippen molar-refractivity contribution in [3.05, 3.63) is 66.2 Å². The molecule has 32 heavy (non-hydrogen) atoms. The SMILES string of the molecule is C=CCN1CCC(C(=O)CC)(c2cc(SC)ccc2Sc2ccc(C(F)(F)F)cc2)CC1. The summed E-state index contributed by atoms with van der Waals surface area (Å²) in [5, 5.41) is 0. The van der Waals surface area contributed by atoms with E-state index in [0.717, 1.165) is 64.9 Å². The van der Waals surface area contributed by atoms with E-state index in [1.807, 2.05) is 31.4 Å². The predicted molar refractivity (Wildman–Crippen MR) is 127 cm³/mol. The van der Waals surface area contributed by atoms with Crippen molar-refractivity contribution in [1.82, 2.24) is 4.90 Å². The fraction of sp³-hybridized carbons (Fsp3) is 0.400. The molecule has 0 unspecified atom stereocenters. The van der Waals surface area contributed by atoms with E-state index in [2.05, 4.69) is 17.5 Å². The molecule has 0 bridgehead atoms. The van der Waals surface area contributed by atoms with Gasteiger partial charge in [0, 0.05) is 27.7 Å². The molecule has 0 N–H and O–H groups in total. The molecule has 1 saturated heterocycles. The van der Waals surface area contributed by atoms with Gasteiger partial charge in [-0.2, -0.15) is 13.2 Å². The van der Waals surface area contributed by atoms with Crippen molar-refractivity contribution in [3.8, 4) is 0 Å². The number of Topliss-reactive ketones (excluding diaryl/α,β-unsaturated/α-hetero) is 1. The molecule has 1 aliphatic heterocycles. The molecule has 0 saturated carbocycles. The topological polar surface area (TPSA) is 20.3 Å². The first kappa shape index (κ1) is 24.9. The number of carbonyl (C=O) groups excluding carboxylic acids is 1. The summed E-state index contributed by atoms with van der Waals surface area (Å²) >= 11 is 3.05. The summed E-state index contributed by atoms with van der Waals surface area (Å²) in [5.74, 6) is 0.225. The maximum atomic E-state index is 13.3. The largest absolute Gasteiger partial charge is 0.416 e. The standard InChI is InChI=1S/C25H28F3NOS2/c1-4-14-29-15-12-24(13-16-29,23(30)5-2)21-17-20(31-3)10-11-22(21)32-19-8-6-18(7-9-19)25(26,27)28/h4,6-11,17H,1,5,12-16H2,2-3H3. The van der Waals surface area contributed by atoms with Crippen molar-refractivity contribution in [3.63, 3.8) is 0 Å². The molecule has 172 valence electrons. The lowest BCUT2D eigenvalue weighted by molar-refractivity contribution is -0.137. The Balaban J connectivity index is 2.00. The van der Waals surface area contributed by atoms with E-state index >= 15 is 0 Å². The number of nitrogens with zero attached hydrogens (tertiary/aromatic N) is 1. The molecule has 0 amide bonds. The fourth-order valence-electron chi connectivity index (χ4n) is 4.27. The van der Waals surface area contributed by atoms with Crippen LogP contribution >= 0.6 is 23.5 Å². The number of carbonyl (C=O) groups is 1. The van der Waals surface area contributed by atoms with Crippen LogP contribution in [0.4, 0.5) is 13.2 Å². The lowest BCUT2D eigenvalue weighted by Gasteiger charge is -2.42. The van der Waals surface area contributed by atoms with Crippen molar-refractivity contribution in [2.24, 2.45) is 0 Å². The minimum atomic E-state index is -4.36. The minimum Gasteiger partial charge on any atom is -0.300 e. The van der Waals surface area contributed by atoms with Gasteiger partial charge in [0.05, 0.1) is 11.0 Å². The van der Waals surface area contributed by atoms with Crippen LogP contribution in [-0.2, 0) is 16.4 Å². The summed E-state index contributed by atoms with van der Waals surface area (Å²) in [6, 6.07) is 11.3. The molecule has 0 aliphatic carbocycles. The number of piperidine rings is 1. The van der Waals surface area contributed by atoms with E-state index in [-0.39, 0.29) is 5.78 Å². The third-order valence-corrected chi connectivity index (χ3v) is 7.87. The molecule has 7 heteroatoms. The molecule has 0 aromatic heterocycles. The zero-order valence-electron chi connectivity index (χ0n) is 18.4. The monoisotopic (exact) mass is 479 g/mol. The van der Waals surface area contributed by atoms with Crippen LogP contribution in [0.15, 0.2) is 69.8 Å². The maximum Gasteiger partial charge on any atom is 0.416 e. The summed E-state index contributed by atoms with van der Waals surface area (Å²) < 4.78 is 38.8. The van der Waals surface area contributed by atoms with E-state index in [1.165, 1.54) is 23.9 Å². The predicted octanol–water partition coefficient (Wildman–Crippen LogP) is 7.08. The number of alkyl halides is 3. The minimum absolute atomic E-state index is 0.225. The molecule has 0 radical (unpaired) electrons. The number of rotatable bonds is 8. The summed E-state index contributed by atoms with van der Waals surface area (Å²) in [7, 11) is 0. The van der Waals surface area contributed by atoms with E-state index in [1.54, 1.807) is 11.8 Å². The van der Waals surface area contributed by atoms with Gasteiger partial charge in [0.2, 0.25) is 0 Å². The van der Waals surface area contributed by atoms with Crippen LogP contribution in [0.25, 0.3) is 0 Å². The average molecular weight is 480 g/mol. The van der Waals surface area contributed by atoms with Crippen molar-refractivity contribution in [2.45, 2.75) is 52.5 Å². The first-order chi connectivity index (χ1) is 15.2. The molecule has 2 aromatic carbocycles. The van der Waals surface area contributed by atoms with Gasteiger partial charge in [0.1, 0.15) is 5.78 Å². The molecular weight excluding hydrogens is 451 g/mol. The zero-order valence-corrected chi connectivity index (χ0v) is 20.0. The van der Waals surface area contributed by atoms with Crippen molar-refractivity contribution >= 4 is 29.3 Å². The second-order valence-corrected chi connectivity index (χ2v) is 9.93. The molecule has 2 nitrogen and oxygen atoms in total. The number of ketones is 1. The highest BCUT2D eigenvalue weighted by Crippen LogP contribution is 2.45. The van der Waals surface area contributed by atoms with Gasteiger partial charge >= 0.3 is 6.18 Å². The van der Waals surface area contributed by atoms with Gasteiger partial charge in [-0.1, -0.05) is 24.8 Å². The van der Waals surface area contributed by atoms with Crippen molar-refractivity contribution in [1.29, 1.82) is 0 Å². The van der Waals surface area contributed by atoms with Crippen molar-refractivity contribution in [2.75, 3.05) is 25.9 Å². The van der Waals surface area contributed by atoms with E-state index in [4.69, 9.17) is 0 Å². The summed E-state index contributed by atoms with van der Waals surface area (Å²) in [5.41, 5.74) is -0.238. The quantitative estimate of drug-likeness (QED) is 0.298. The maximum absolute atomic E-state index is 13.3. The highest BCUT2D eigenvalue weighted by Gasteiger charge is 2.43. The molecule has 0 atom stereocenters. The molecule has 3 rings (SSSR count). The fourth-order valence-corrected chi connectivity index (χ4v) is 5.74. The third kappa shape index (κ3) is 5.43. The second-order valence-electron chi connectivity index (χ2n) is 7.93. The van der Waals surface area contributed by atoms with Gasteiger partial charge in [-0.25, -0.2) is 0 Å². The summed E-state index contributed by atoms with van der Waals surface area (Å²) in [6.45, 7) is 8.15. The van der Waals surface area contributed by atoms with Crippen LogP contribution in [-0.4, -0.2) is 36.6 Å². The van der Waals surface area contributed by atoms with Crippen LogP contribution < -0.4 is 0 Å². The van der Waals surface area contributed by atoms with Gasteiger partial charge in [-0.05, 0) is 80.2 Å². The van der Waals surface area contributed by atoms with E-state index in [0.29, 0.717) is 6.42 Å². The molecule has 0 spiro atoms. The van der Waals surface area contributed by atoms with Crippen LogP contribution in [0.1, 0.15) is 37.3 Å². The first-order valence-corrected chi connectivity index (χ1v) is 12.7. The van der Waals surface area contributed by atoms with Gasteiger partial charge in [-0.3, -0.25) is 9.69 Å². The molecule has 1 fully saturated rings. The lowest BCUT2D eigenvalue weighted by atomic mass is 9.69. The molecule has 1 aliphatic rings. The third-order valence-electron chi connectivity index (χ3n) is 6.06. The number of hydrogen-bond donors (Lipinski definition) is 0. The second kappa shape index (κ2) is 10.5. The van der Waals surface area contributed by atoms with Crippen LogP contribution in [0.2, 0.25) is 0 Å². The lowest BCUT2D eigenvalue weighted by Crippen LogP contribution is -2.47. The molecular formula is C25H28F3NOS2. The number of halogens is 3. The Kier molecular flexibility index (Phi) is 8.17. The zero-order chi connectivity index (χ0) is 23.4. The summed E-state index contributed by atoms with van der Waals surface area (Å²) in [4.78, 5) is 18.4. The Bertz CT molecular complexity index is 949. The normalized spacial score (nSPS) is 16.7. The Morgan fingerprint density at radius 3 is 2.28 bits per heavy atom. The highest BCUT2D eigenvalue weighted by molar-refractivity contribution is 7.99. The van der Waals surface area contributed by atoms with Crippen LogP contribution in [0.5, 0.6) is 0 Å². The Morgan fingerprint density at radius 1 is 1.12 bits per heavy atom. The number of thioether (sulfide) groups is 1. The summed E-state index contributed by atoms with van der Waals surface area (Å²) in [6.07, 6.45) is 1.44. The van der Waals surface area contributed by atoms with Gasteiger partial charge < -0.3 is 0 Å². The Morgan fingerprint density at radius 2 is 1.75 bits per heavy atom. The number of likely N-dealkylation sites (tertiary alicyclic amines) is 1. The van der Waals surface area contributed by atoms with Crippen LogP contribution in [0, 0.1) is 0 Å². The van der Waals surface area contributed by atoms with Gasteiger partial charge in [0.15, 0.2) is 0 Å². The number of hydrogen-bond acceptors (Lipinski definition) is 4.